The van der Waals surface area contributed by atoms with Crippen LogP contribution in [0, 0.1) is 12.7 Å². The van der Waals surface area contributed by atoms with Crippen LogP contribution >= 0.6 is 34.8 Å². The van der Waals surface area contributed by atoms with E-state index in [0.717, 1.165) is 11.1 Å². The topological polar surface area (TPSA) is 12.0 Å². The molecule has 0 saturated carbocycles. The summed E-state index contributed by atoms with van der Waals surface area (Å²) in [4.78, 5) is 0. The monoisotopic (exact) mass is 317 g/mol. The molecule has 0 aliphatic carbocycles. The highest BCUT2D eigenvalue weighted by Gasteiger charge is 2.07. The molecule has 19 heavy (non-hydrogen) atoms. The van der Waals surface area contributed by atoms with E-state index in [1.54, 1.807) is 18.2 Å². The number of aryl methyl sites for hydroxylation is 1. The van der Waals surface area contributed by atoms with Crippen LogP contribution in [0.3, 0.4) is 0 Å². The molecule has 0 atom stereocenters. The molecule has 0 saturated heterocycles. The Balaban J connectivity index is 2.19. The van der Waals surface area contributed by atoms with Crippen LogP contribution in [0.25, 0.3) is 0 Å². The van der Waals surface area contributed by atoms with E-state index in [2.05, 4.69) is 5.32 Å². The second-order valence-corrected chi connectivity index (χ2v) is 5.39. The minimum Gasteiger partial charge on any atom is -0.380 e. The standard InChI is InChI=1S/C14H11Cl3FN/c1-8-2-3-10(18)4-9(8)7-19-14-6-12(16)11(15)5-13(14)17/h2-6,19H,7H2,1H3. The van der Waals surface area contributed by atoms with E-state index < -0.39 is 0 Å². The first-order valence-corrected chi connectivity index (χ1v) is 6.74. The third kappa shape index (κ3) is 3.53. The van der Waals surface area contributed by atoms with Crippen LogP contribution in [0.2, 0.25) is 15.1 Å². The van der Waals surface area contributed by atoms with Crippen LogP contribution in [0.5, 0.6) is 0 Å². The lowest BCUT2D eigenvalue weighted by atomic mass is 10.1. The Labute approximate surface area is 126 Å². The number of anilines is 1. The largest absolute Gasteiger partial charge is 0.380 e. The van der Waals surface area contributed by atoms with E-state index in [1.165, 1.54) is 12.1 Å². The average Bonchev–Trinajstić information content (AvgIpc) is 2.36. The van der Waals surface area contributed by atoms with Crippen LogP contribution in [0.1, 0.15) is 11.1 Å². The molecule has 5 heteroatoms. The number of benzene rings is 2. The first-order chi connectivity index (χ1) is 8.97. The Morgan fingerprint density at radius 2 is 1.68 bits per heavy atom. The third-order valence-electron chi connectivity index (χ3n) is 2.79. The lowest BCUT2D eigenvalue weighted by Crippen LogP contribution is -2.02. The highest BCUT2D eigenvalue weighted by atomic mass is 35.5. The molecule has 0 aromatic heterocycles. The van der Waals surface area contributed by atoms with E-state index in [1.807, 2.05) is 6.92 Å². The maximum Gasteiger partial charge on any atom is 0.123 e. The lowest BCUT2D eigenvalue weighted by Gasteiger charge is -2.11. The summed E-state index contributed by atoms with van der Waals surface area (Å²) < 4.78 is 13.2. The SMILES string of the molecule is Cc1ccc(F)cc1CNc1cc(Cl)c(Cl)cc1Cl. The summed E-state index contributed by atoms with van der Waals surface area (Å²) in [5.74, 6) is -0.261. The summed E-state index contributed by atoms with van der Waals surface area (Å²) in [7, 11) is 0. The van der Waals surface area contributed by atoms with Crippen molar-refractivity contribution in [1.29, 1.82) is 0 Å². The highest BCUT2D eigenvalue weighted by molar-refractivity contribution is 6.44. The van der Waals surface area contributed by atoms with Gasteiger partial charge in [0.15, 0.2) is 0 Å². The van der Waals surface area contributed by atoms with E-state index in [4.69, 9.17) is 34.8 Å². The average molecular weight is 319 g/mol. The van der Waals surface area contributed by atoms with E-state index in [0.29, 0.717) is 27.3 Å². The van der Waals surface area contributed by atoms with Gasteiger partial charge in [-0.1, -0.05) is 40.9 Å². The summed E-state index contributed by atoms with van der Waals surface area (Å²) in [5, 5.41) is 4.42. The van der Waals surface area contributed by atoms with Gasteiger partial charge in [-0.2, -0.15) is 0 Å². The van der Waals surface area contributed by atoms with Crippen molar-refractivity contribution in [2.45, 2.75) is 13.5 Å². The normalized spacial score (nSPS) is 10.6. The third-order valence-corrected chi connectivity index (χ3v) is 3.83. The summed E-state index contributed by atoms with van der Waals surface area (Å²) in [5.41, 5.74) is 2.53. The Morgan fingerprint density at radius 3 is 2.42 bits per heavy atom. The molecular weight excluding hydrogens is 308 g/mol. The number of hydrogen-bond acceptors (Lipinski definition) is 1. The molecule has 0 heterocycles. The van der Waals surface area contributed by atoms with Gasteiger partial charge in [0.2, 0.25) is 0 Å². The summed E-state index contributed by atoms with van der Waals surface area (Å²) in [6.45, 7) is 2.38. The second kappa shape index (κ2) is 6.00. The molecular formula is C14H11Cl3FN. The minimum atomic E-state index is -0.261. The van der Waals surface area contributed by atoms with Crippen molar-refractivity contribution < 1.29 is 4.39 Å². The zero-order valence-electron chi connectivity index (χ0n) is 10.1. The van der Waals surface area contributed by atoms with Gasteiger partial charge >= 0.3 is 0 Å². The van der Waals surface area contributed by atoms with Crippen LogP contribution in [0.4, 0.5) is 10.1 Å². The fourth-order valence-corrected chi connectivity index (χ4v) is 2.29. The van der Waals surface area contributed by atoms with Gasteiger partial charge in [-0.05, 0) is 42.3 Å². The Hall–Kier alpha value is -0.960. The molecule has 2 aromatic rings. The summed E-state index contributed by atoms with van der Waals surface area (Å²) in [6, 6.07) is 7.90. The number of hydrogen-bond donors (Lipinski definition) is 1. The van der Waals surface area contributed by atoms with Gasteiger partial charge in [0.05, 0.1) is 20.8 Å². The molecule has 0 spiro atoms. The fraction of sp³-hybridized carbons (Fsp3) is 0.143. The molecule has 0 aliphatic rings. The van der Waals surface area contributed by atoms with Crippen molar-refractivity contribution in [2.24, 2.45) is 0 Å². The molecule has 2 rings (SSSR count). The number of rotatable bonds is 3. The molecule has 0 amide bonds. The van der Waals surface area contributed by atoms with Crippen molar-refractivity contribution in [3.63, 3.8) is 0 Å². The van der Waals surface area contributed by atoms with Crippen molar-refractivity contribution in [2.75, 3.05) is 5.32 Å². The minimum absolute atomic E-state index is 0.261. The van der Waals surface area contributed by atoms with Gasteiger partial charge in [0.25, 0.3) is 0 Å². The summed E-state index contributed by atoms with van der Waals surface area (Å²) >= 11 is 17.8. The van der Waals surface area contributed by atoms with Crippen molar-refractivity contribution >= 4 is 40.5 Å². The highest BCUT2D eigenvalue weighted by Crippen LogP contribution is 2.32. The zero-order chi connectivity index (χ0) is 14.0. The predicted octanol–water partition coefficient (Wildman–Crippen LogP) is 5.71. The van der Waals surface area contributed by atoms with Crippen LogP contribution < -0.4 is 5.32 Å². The van der Waals surface area contributed by atoms with E-state index in [-0.39, 0.29) is 5.82 Å². The smallest absolute Gasteiger partial charge is 0.123 e. The van der Waals surface area contributed by atoms with E-state index >= 15 is 0 Å². The van der Waals surface area contributed by atoms with Crippen LogP contribution in [0.15, 0.2) is 30.3 Å². The Bertz CT molecular complexity index is 614. The maximum atomic E-state index is 13.2. The maximum absolute atomic E-state index is 13.2. The van der Waals surface area contributed by atoms with Gasteiger partial charge in [-0.25, -0.2) is 4.39 Å². The van der Waals surface area contributed by atoms with E-state index in [9.17, 15) is 4.39 Å². The molecule has 2 aromatic carbocycles. The molecule has 1 nitrogen and oxygen atoms in total. The van der Waals surface area contributed by atoms with Gasteiger partial charge < -0.3 is 5.32 Å². The lowest BCUT2D eigenvalue weighted by molar-refractivity contribution is 0.625. The van der Waals surface area contributed by atoms with Crippen molar-refractivity contribution in [3.8, 4) is 0 Å². The van der Waals surface area contributed by atoms with Gasteiger partial charge in [-0.3, -0.25) is 0 Å². The molecule has 0 unspecified atom stereocenters. The van der Waals surface area contributed by atoms with Gasteiger partial charge in [0, 0.05) is 6.54 Å². The number of nitrogens with one attached hydrogen (secondary N) is 1. The van der Waals surface area contributed by atoms with Crippen LogP contribution in [-0.2, 0) is 6.54 Å². The van der Waals surface area contributed by atoms with Gasteiger partial charge in [-0.15, -0.1) is 0 Å². The second-order valence-electron chi connectivity index (χ2n) is 4.17. The molecule has 0 fully saturated rings. The molecule has 1 N–H and O–H groups in total. The zero-order valence-corrected chi connectivity index (χ0v) is 12.4. The van der Waals surface area contributed by atoms with Crippen molar-refractivity contribution in [3.05, 3.63) is 62.3 Å². The molecule has 100 valence electrons. The van der Waals surface area contributed by atoms with Gasteiger partial charge in [0.1, 0.15) is 5.82 Å². The predicted molar refractivity (Wildman–Crippen MR) is 79.9 cm³/mol. The Kier molecular flexibility index (Phi) is 4.56. The summed E-state index contributed by atoms with van der Waals surface area (Å²) in [6.07, 6.45) is 0. The Morgan fingerprint density at radius 1 is 1.00 bits per heavy atom. The molecule has 0 bridgehead atoms. The fourth-order valence-electron chi connectivity index (χ4n) is 1.68. The van der Waals surface area contributed by atoms with Crippen LogP contribution in [-0.4, -0.2) is 0 Å². The number of halogens is 4. The quantitative estimate of drug-likeness (QED) is 0.715. The van der Waals surface area contributed by atoms with Crippen molar-refractivity contribution in [1.82, 2.24) is 0 Å². The first kappa shape index (κ1) is 14.4. The first-order valence-electron chi connectivity index (χ1n) is 5.61. The molecule has 0 radical (unpaired) electrons. The molecule has 0 aliphatic heterocycles.